The zero-order valence-corrected chi connectivity index (χ0v) is 12.6. The number of nitrogens with one attached hydrogen (secondary N) is 1. The molecular weight excluding hydrogens is 346 g/mol. The molecule has 0 saturated heterocycles. The fourth-order valence-electron chi connectivity index (χ4n) is 1.95. The van der Waals surface area contributed by atoms with Crippen molar-refractivity contribution in [3.63, 3.8) is 0 Å². The van der Waals surface area contributed by atoms with E-state index in [0.717, 1.165) is 16.7 Å². The number of halogens is 1. The molecule has 0 saturated carbocycles. The molecule has 0 aliphatic heterocycles. The van der Waals surface area contributed by atoms with E-state index in [4.69, 9.17) is 9.15 Å². The van der Waals surface area contributed by atoms with Crippen LogP contribution in [0.1, 0.15) is 0 Å². The van der Waals surface area contributed by atoms with Gasteiger partial charge in [0.2, 0.25) is 0 Å². The standard InChI is InChI=1S/C13H8BrNO4S/c1-15-12(16)18-9-6-4-2-3-5-7(6)10-11(8(9)14)20-13(17)19-10/h2-5H,1H3,(H,15,16). The maximum atomic E-state index is 11.5. The average Bonchev–Trinajstić information content (AvgIpc) is 2.85. The molecule has 1 amide bonds. The third-order valence-electron chi connectivity index (χ3n) is 2.79. The first-order valence-corrected chi connectivity index (χ1v) is 7.26. The van der Waals surface area contributed by atoms with Gasteiger partial charge >= 0.3 is 11.0 Å². The molecule has 3 aromatic rings. The van der Waals surface area contributed by atoms with Crippen molar-refractivity contribution in [3.8, 4) is 5.75 Å². The summed E-state index contributed by atoms with van der Waals surface area (Å²) in [6.45, 7) is 0. The van der Waals surface area contributed by atoms with E-state index < -0.39 is 11.0 Å². The highest BCUT2D eigenvalue weighted by Gasteiger charge is 2.19. The molecule has 1 N–H and O–H groups in total. The molecule has 1 aromatic heterocycles. The van der Waals surface area contributed by atoms with E-state index in [9.17, 15) is 9.59 Å². The van der Waals surface area contributed by atoms with Crippen LogP contribution in [0.4, 0.5) is 4.79 Å². The van der Waals surface area contributed by atoms with Gasteiger partial charge in [-0.25, -0.2) is 9.59 Å². The maximum Gasteiger partial charge on any atom is 0.412 e. The number of hydrogen-bond acceptors (Lipinski definition) is 5. The molecule has 0 unspecified atom stereocenters. The molecular formula is C13H8BrNO4S. The van der Waals surface area contributed by atoms with Crippen molar-refractivity contribution in [2.45, 2.75) is 0 Å². The summed E-state index contributed by atoms with van der Waals surface area (Å²) in [6.07, 6.45) is -0.578. The Morgan fingerprint density at radius 3 is 2.75 bits per heavy atom. The van der Waals surface area contributed by atoms with Gasteiger partial charge < -0.3 is 14.5 Å². The number of carbonyl (C=O) groups is 1. The molecule has 5 nitrogen and oxygen atoms in total. The SMILES string of the molecule is CNC(=O)Oc1c(Br)c2sc(=O)oc2c2ccccc12. The van der Waals surface area contributed by atoms with Gasteiger partial charge in [0.25, 0.3) is 0 Å². The second-order valence-corrected chi connectivity index (χ2v) is 5.68. The van der Waals surface area contributed by atoms with Crippen LogP contribution in [-0.2, 0) is 0 Å². The van der Waals surface area contributed by atoms with Crippen molar-refractivity contribution in [1.29, 1.82) is 0 Å². The Kier molecular flexibility index (Phi) is 3.23. The minimum absolute atomic E-state index is 0.365. The van der Waals surface area contributed by atoms with Gasteiger partial charge in [-0.2, -0.15) is 0 Å². The van der Waals surface area contributed by atoms with Crippen LogP contribution in [0.2, 0.25) is 0 Å². The Morgan fingerprint density at radius 1 is 1.35 bits per heavy atom. The predicted molar refractivity (Wildman–Crippen MR) is 80.7 cm³/mol. The molecule has 0 aliphatic carbocycles. The third kappa shape index (κ3) is 1.99. The average molecular weight is 354 g/mol. The molecule has 0 aliphatic rings. The number of hydrogen-bond donors (Lipinski definition) is 1. The smallest absolute Gasteiger partial charge is 0.412 e. The van der Waals surface area contributed by atoms with Crippen molar-refractivity contribution in [2.75, 3.05) is 7.05 Å². The van der Waals surface area contributed by atoms with Crippen LogP contribution in [0.3, 0.4) is 0 Å². The summed E-state index contributed by atoms with van der Waals surface area (Å²) in [4.78, 5) is 22.6. The van der Waals surface area contributed by atoms with Crippen LogP contribution in [0.15, 0.2) is 37.9 Å². The van der Waals surface area contributed by atoms with Crippen LogP contribution < -0.4 is 15.0 Å². The zero-order valence-electron chi connectivity index (χ0n) is 10.2. The van der Waals surface area contributed by atoms with E-state index in [1.807, 2.05) is 18.2 Å². The molecule has 20 heavy (non-hydrogen) atoms. The molecule has 3 rings (SSSR count). The first-order valence-electron chi connectivity index (χ1n) is 5.65. The number of ether oxygens (including phenoxy) is 1. The number of fused-ring (bicyclic) bond motifs is 3. The molecule has 7 heteroatoms. The summed E-state index contributed by atoms with van der Waals surface area (Å²) >= 11 is 4.34. The first kappa shape index (κ1) is 13.1. The first-order chi connectivity index (χ1) is 9.61. The number of benzene rings is 2. The zero-order chi connectivity index (χ0) is 14.3. The van der Waals surface area contributed by atoms with Crippen molar-refractivity contribution in [1.82, 2.24) is 5.32 Å². The Balaban J connectivity index is 2.43. The normalized spacial score (nSPS) is 10.9. The highest BCUT2D eigenvalue weighted by atomic mass is 79.9. The summed E-state index contributed by atoms with van der Waals surface area (Å²) in [7, 11) is 1.48. The summed E-state index contributed by atoms with van der Waals surface area (Å²) in [5.74, 6) is 0.365. The summed E-state index contributed by atoms with van der Waals surface area (Å²) in [5.41, 5.74) is 0.492. The molecule has 0 bridgehead atoms. The number of rotatable bonds is 1. The van der Waals surface area contributed by atoms with E-state index in [1.54, 1.807) is 6.07 Å². The van der Waals surface area contributed by atoms with Gasteiger partial charge in [0.1, 0.15) is 0 Å². The minimum atomic E-state index is -0.578. The number of amides is 1. The van der Waals surface area contributed by atoms with Crippen LogP contribution >= 0.6 is 27.3 Å². The Hall–Kier alpha value is -1.86. The molecule has 0 radical (unpaired) electrons. The quantitative estimate of drug-likeness (QED) is 0.726. The summed E-state index contributed by atoms with van der Waals surface area (Å²) < 4.78 is 11.7. The van der Waals surface area contributed by atoms with Crippen molar-refractivity contribution < 1.29 is 13.9 Å². The van der Waals surface area contributed by atoms with Gasteiger partial charge in [0.05, 0.1) is 9.17 Å². The van der Waals surface area contributed by atoms with Gasteiger partial charge in [-0.05, 0) is 15.9 Å². The summed E-state index contributed by atoms with van der Waals surface area (Å²) in [6, 6.07) is 7.27. The fourth-order valence-corrected chi connectivity index (χ4v) is 3.38. The van der Waals surface area contributed by atoms with Gasteiger partial charge in [-0.1, -0.05) is 35.6 Å². The molecule has 102 valence electrons. The lowest BCUT2D eigenvalue weighted by atomic mass is 10.1. The van der Waals surface area contributed by atoms with Gasteiger partial charge in [-0.15, -0.1) is 0 Å². The molecule has 1 heterocycles. The van der Waals surface area contributed by atoms with Gasteiger partial charge in [0.15, 0.2) is 11.3 Å². The molecule has 0 atom stereocenters. The van der Waals surface area contributed by atoms with E-state index >= 15 is 0 Å². The van der Waals surface area contributed by atoms with E-state index in [1.165, 1.54) is 7.05 Å². The maximum absolute atomic E-state index is 11.5. The summed E-state index contributed by atoms with van der Waals surface area (Å²) in [5, 5.41) is 3.81. The highest BCUT2D eigenvalue weighted by molar-refractivity contribution is 9.10. The van der Waals surface area contributed by atoms with Crippen LogP contribution in [0, 0.1) is 0 Å². The highest BCUT2D eigenvalue weighted by Crippen LogP contribution is 2.42. The van der Waals surface area contributed by atoms with Gasteiger partial charge in [0, 0.05) is 17.8 Å². The van der Waals surface area contributed by atoms with Crippen LogP contribution in [0.25, 0.3) is 21.1 Å². The van der Waals surface area contributed by atoms with E-state index in [0.29, 0.717) is 25.9 Å². The molecule has 0 spiro atoms. The van der Waals surface area contributed by atoms with Gasteiger partial charge in [-0.3, -0.25) is 0 Å². The second kappa shape index (κ2) is 4.92. The van der Waals surface area contributed by atoms with E-state index in [2.05, 4.69) is 21.2 Å². The third-order valence-corrected chi connectivity index (χ3v) is 4.65. The Morgan fingerprint density at radius 2 is 2.05 bits per heavy atom. The monoisotopic (exact) mass is 353 g/mol. The van der Waals surface area contributed by atoms with E-state index in [-0.39, 0.29) is 0 Å². The van der Waals surface area contributed by atoms with Crippen molar-refractivity contribution >= 4 is 54.4 Å². The lowest BCUT2D eigenvalue weighted by Crippen LogP contribution is -2.22. The lowest BCUT2D eigenvalue weighted by Gasteiger charge is -2.10. The topological polar surface area (TPSA) is 68.5 Å². The van der Waals surface area contributed by atoms with Crippen molar-refractivity contribution in [3.05, 3.63) is 38.5 Å². The lowest BCUT2D eigenvalue weighted by molar-refractivity contribution is 0.203. The predicted octanol–water partition coefficient (Wildman–Crippen LogP) is 3.49. The number of carbonyl (C=O) groups excluding carboxylic acids is 1. The van der Waals surface area contributed by atoms with Crippen LogP contribution in [0.5, 0.6) is 5.75 Å². The van der Waals surface area contributed by atoms with Crippen molar-refractivity contribution in [2.24, 2.45) is 0 Å². The molecule has 2 aromatic carbocycles. The largest absolute Gasteiger partial charge is 0.413 e. The fraction of sp³-hybridized carbons (Fsp3) is 0.0769. The van der Waals surface area contributed by atoms with Crippen LogP contribution in [-0.4, -0.2) is 13.1 Å². The molecule has 0 fully saturated rings. The second-order valence-electron chi connectivity index (χ2n) is 3.94. The minimum Gasteiger partial charge on any atom is -0.413 e. The Bertz CT molecular complexity index is 883. The Labute approximate surface area is 125 Å².